The second-order valence-corrected chi connectivity index (χ2v) is 4.25. The minimum atomic E-state index is -0.0671. The average molecular weight is 194 g/mol. The van der Waals surface area contributed by atoms with E-state index < -0.39 is 0 Å². The van der Waals surface area contributed by atoms with E-state index in [0.717, 1.165) is 16.9 Å². The maximum Gasteiger partial charge on any atom is 0.133 e. The van der Waals surface area contributed by atoms with Crippen LogP contribution in [0, 0.1) is 5.82 Å². The summed E-state index contributed by atoms with van der Waals surface area (Å²) in [6, 6.07) is 3.72. The summed E-state index contributed by atoms with van der Waals surface area (Å²) in [6.45, 7) is 6.61. The summed E-state index contributed by atoms with van der Waals surface area (Å²) in [6.07, 6.45) is 0. The van der Waals surface area contributed by atoms with E-state index in [1.165, 1.54) is 0 Å². The highest BCUT2D eigenvalue weighted by Gasteiger charge is 2.26. The number of hydrogen-bond acceptors (Lipinski definition) is 1. The molecule has 0 spiro atoms. The molecule has 14 heavy (non-hydrogen) atoms. The van der Waals surface area contributed by atoms with Crippen LogP contribution in [-0.4, -0.2) is 6.61 Å². The number of rotatable bonds is 1. The first-order valence-corrected chi connectivity index (χ1v) is 5.06. The highest BCUT2D eigenvalue weighted by atomic mass is 19.1. The van der Waals surface area contributed by atoms with Crippen molar-refractivity contribution in [2.24, 2.45) is 0 Å². The van der Waals surface area contributed by atoms with Gasteiger partial charge < -0.3 is 4.74 Å². The third-order valence-electron chi connectivity index (χ3n) is 2.77. The fourth-order valence-electron chi connectivity index (χ4n) is 1.92. The molecule has 2 heteroatoms. The highest BCUT2D eigenvalue weighted by molar-refractivity contribution is 5.44. The molecule has 0 N–H and O–H groups in total. The van der Waals surface area contributed by atoms with Crippen LogP contribution in [0.2, 0.25) is 0 Å². The van der Waals surface area contributed by atoms with Crippen LogP contribution >= 0.6 is 0 Å². The standard InChI is InChI=1S/C12H15FO/c1-7(2)9-4-5-10-11(12(9)13)8(3)6-14-10/h4-5,7-8H,6H2,1-3H3. The number of benzene rings is 1. The molecule has 0 amide bonds. The molecule has 0 saturated carbocycles. The van der Waals surface area contributed by atoms with Crippen molar-refractivity contribution in [1.29, 1.82) is 0 Å². The third-order valence-corrected chi connectivity index (χ3v) is 2.77. The van der Waals surface area contributed by atoms with Crippen LogP contribution in [0.15, 0.2) is 12.1 Å². The first-order chi connectivity index (χ1) is 6.61. The van der Waals surface area contributed by atoms with Gasteiger partial charge in [-0.05, 0) is 17.5 Å². The lowest BCUT2D eigenvalue weighted by Gasteiger charge is -2.11. The molecule has 0 aromatic heterocycles. The van der Waals surface area contributed by atoms with Gasteiger partial charge in [-0.1, -0.05) is 26.8 Å². The summed E-state index contributed by atoms with van der Waals surface area (Å²) >= 11 is 0. The van der Waals surface area contributed by atoms with Crippen LogP contribution in [0.25, 0.3) is 0 Å². The fraction of sp³-hybridized carbons (Fsp3) is 0.500. The van der Waals surface area contributed by atoms with E-state index in [4.69, 9.17) is 4.74 Å². The monoisotopic (exact) mass is 194 g/mol. The van der Waals surface area contributed by atoms with E-state index in [1.807, 2.05) is 32.9 Å². The van der Waals surface area contributed by atoms with Crippen molar-refractivity contribution < 1.29 is 9.13 Å². The Morgan fingerprint density at radius 3 is 2.79 bits per heavy atom. The molecule has 1 heterocycles. The zero-order valence-electron chi connectivity index (χ0n) is 8.80. The third kappa shape index (κ3) is 1.29. The Bertz CT molecular complexity index is 358. The maximum atomic E-state index is 14.0. The molecule has 1 aromatic rings. The molecule has 1 unspecified atom stereocenters. The summed E-state index contributed by atoms with van der Waals surface area (Å²) in [5.41, 5.74) is 1.55. The molecule has 0 radical (unpaired) electrons. The molecule has 0 aliphatic carbocycles. The molecule has 0 bridgehead atoms. The predicted molar refractivity (Wildman–Crippen MR) is 54.4 cm³/mol. The van der Waals surface area contributed by atoms with Crippen LogP contribution in [0.4, 0.5) is 4.39 Å². The quantitative estimate of drug-likeness (QED) is 0.665. The van der Waals surface area contributed by atoms with Crippen LogP contribution < -0.4 is 4.74 Å². The van der Waals surface area contributed by atoms with Gasteiger partial charge in [0.1, 0.15) is 11.6 Å². The minimum absolute atomic E-state index is 0.0671. The van der Waals surface area contributed by atoms with Crippen LogP contribution in [-0.2, 0) is 0 Å². The summed E-state index contributed by atoms with van der Waals surface area (Å²) < 4.78 is 19.4. The fourth-order valence-corrected chi connectivity index (χ4v) is 1.92. The van der Waals surface area contributed by atoms with Gasteiger partial charge in [-0.15, -0.1) is 0 Å². The largest absolute Gasteiger partial charge is 0.493 e. The van der Waals surface area contributed by atoms with Crippen LogP contribution in [0.1, 0.15) is 43.7 Å². The zero-order chi connectivity index (χ0) is 10.3. The molecule has 0 fully saturated rings. The van der Waals surface area contributed by atoms with Gasteiger partial charge >= 0.3 is 0 Å². The Morgan fingerprint density at radius 2 is 2.14 bits per heavy atom. The number of fused-ring (bicyclic) bond motifs is 1. The summed E-state index contributed by atoms with van der Waals surface area (Å²) in [5.74, 6) is 1.07. The Labute approximate surface area is 83.9 Å². The predicted octanol–water partition coefficient (Wildman–Crippen LogP) is 3.45. The van der Waals surface area contributed by atoms with Crippen molar-refractivity contribution in [3.63, 3.8) is 0 Å². The second-order valence-electron chi connectivity index (χ2n) is 4.25. The van der Waals surface area contributed by atoms with Gasteiger partial charge in [-0.25, -0.2) is 4.39 Å². The lowest BCUT2D eigenvalue weighted by atomic mass is 9.95. The molecule has 1 aromatic carbocycles. The molecule has 76 valence electrons. The molecular weight excluding hydrogens is 179 g/mol. The molecule has 1 atom stereocenters. The Morgan fingerprint density at radius 1 is 1.43 bits per heavy atom. The van der Waals surface area contributed by atoms with Crippen molar-refractivity contribution in [3.05, 3.63) is 29.1 Å². The molecule has 2 rings (SSSR count). The normalized spacial score (nSPS) is 19.6. The first-order valence-electron chi connectivity index (χ1n) is 5.06. The van der Waals surface area contributed by atoms with Crippen LogP contribution in [0.5, 0.6) is 5.75 Å². The van der Waals surface area contributed by atoms with Crippen molar-refractivity contribution in [2.75, 3.05) is 6.61 Å². The van der Waals surface area contributed by atoms with E-state index in [-0.39, 0.29) is 17.7 Å². The number of ether oxygens (including phenoxy) is 1. The van der Waals surface area contributed by atoms with Gasteiger partial charge in [0.05, 0.1) is 6.61 Å². The molecule has 1 aliphatic rings. The minimum Gasteiger partial charge on any atom is -0.493 e. The van der Waals surface area contributed by atoms with Crippen molar-refractivity contribution in [2.45, 2.75) is 32.6 Å². The summed E-state index contributed by atoms with van der Waals surface area (Å²) in [4.78, 5) is 0. The Balaban J connectivity index is 2.56. The maximum absolute atomic E-state index is 14.0. The van der Waals surface area contributed by atoms with Crippen LogP contribution in [0.3, 0.4) is 0 Å². The molecule has 1 nitrogen and oxygen atoms in total. The van der Waals surface area contributed by atoms with E-state index in [1.54, 1.807) is 0 Å². The molecular formula is C12H15FO. The second kappa shape index (κ2) is 3.26. The van der Waals surface area contributed by atoms with Gasteiger partial charge in [-0.2, -0.15) is 0 Å². The molecule has 1 aliphatic heterocycles. The van der Waals surface area contributed by atoms with E-state index in [0.29, 0.717) is 6.61 Å². The summed E-state index contributed by atoms with van der Waals surface area (Å²) in [7, 11) is 0. The molecule has 0 saturated heterocycles. The zero-order valence-corrected chi connectivity index (χ0v) is 8.80. The highest BCUT2D eigenvalue weighted by Crippen LogP contribution is 2.38. The van der Waals surface area contributed by atoms with E-state index in [9.17, 15) is 4.39 Å². The van der Waals surface area contributed by atoms with Crippen molar-refractivity contribution in [3.8, 4) is 5.75 Å². The lowest BCUT2D eigenvalue weighted by Crippen LogP contribution is -1.99. The van der Waals surface area contributed by atoms with Gasteiger partial charge in [0, 0.05) is 11.5 Å². The topological polar surface area (TPSA) is 9.23 Å². The van der Waals surface area contributed by atoms with Gasteiger partial charge in [0.15, 0.2) is 0 Å². The SMILES string of the molecule is CC(C)c1ccc2c(c1F)C(C)CO2. The van der Waals surface area contributed by atoms with Crippen molar-refractivity contribution in [1.82, 2.24) is 0 Å². The lowest BCUT2D eigenvalue weighted by molar-refractivity contribution is 0.337. The van der Waals surface area contributed by atoms with Gasteiger partial charge in [0.2, 0.25) is 0 Å². The Hall–Kier alpha value is -1.05. The average Bonchev–Trinajstić information content (AvgIpc) is 2.48. The smallest absolute Gasteiger partial charge is 0.133 e. The number of halogens is 1. The number of hydrogen-bond donors (Lipinski definition) is 0. The first kappa shape index (κ1) is 9.50. The Kier molecular flexibility index (Phi) is 2.22. The van der Waals surface area contributed by atoms with Crippen molar-refractivity contribution >= 4 is 0 Å². The van der Waals surface area contributed by atoms with E-state index in [2.05, 4.69) is 0 Å². The summed E-state index contributed by atoms with van der Waals surface area (Å²) in [5, 5.41) is 0. The van der Waals surface area contributed by atoms with Gasteiger partial charge in [-0.3, -0.25) is 0 Å². The van der Waals surface area contributed by atoms with E-state index >= 15 is 0 Å². The van der Waals surface area contributed by atoms with Gasteiger partial charge in [0.25, 0.3) is 0 Å².